The minimum atomic E-state index is 0.500. The van der Waals surface area contributed by atoms with Crippen molar-refractivity contribution in [3.05, 3.63) is 0 Å². The molecule has 0 aliphatic carbocycles. The third kappa shape index (κ3) is 3.81. The quantitative estimate of drug-likeness (QED) is 0.544. The van der Waals surface area contributed by atoms with Crippen molar-refractivity contribution in [2.75, 3.05) is 6.54 Å². The highest BCUT2D eigenvalue weighted by molar-refractivity contribution is 5.49. The van der Waals surface area contributed by atoms with E-state index in [2.05, 4.69) is 0 Å². The molecule has 2 nitrogen and oxygen atoms in total. The lowest BCUT2D eigenvalue weighted by Gasteiger charge is -2.02. The number of rotatable bonds is 4. The first-order valence-corrected chi connectivity index (χ1v) is 2.95. The smallest absolute Gasteiger partial charge is 0.120 e. The van der Waals surface area contributed by atoms with E-state index in [9.17, 15) is 4.79 Å². The van der Waals surface area contributed by atoms with Gasteiger partial charge in [0.1, 0.15) is 6.29 Å². The molecule has 0 aromatic carbocycles. The van der Waals surface area contributed by atoms with E-state index >= 15 is 0 Å². The standard InChI is InChI=1S/C6H13NO/c1-6(5-7)3-2-4-8/h4,6H,2-3,5,7H2,1H3. The highest BCUT2D eigenvalue weighted by Gasteiger charge is 1.95. The first-order valence-electron chi connectivity index (χ1n) is 2.95. The predicted molar refractivity (Wildman–Crippen MR) is 33.5 cm³/mol. The summed E-state index contributed by atoms with van der Waals surface area (Å²) in [4.78, 5) is 9.78. The second-order valence-corrected chi connectivity index (χ2v) is 2.08. The van der Waals surface area contributed by atoms with E-state index in [1.807, 2.05) is 6.92 Å². The molecule has 0 spiro atoms. The van der Waals surface area contributed by atoms with Crippen LogP contribution in [0.1, 0.15) is 19.8 Å². The normalized spacial score (nSPS) is 13.2. The fourth-order valence-corrected chi connectivity index (χ4v) is 0.470. The van der Waals surface area contributed by atoms with Crippen LogP contribution in [0, 0.1) is 5.92 Å². The lowest BCUT2D eigenvalue weighted by atomic mass is 10.1. The van der Waals surface area contributed by atoms with Crippen LogP contribution in [0.5, 0.6) is 0 Å². The van der Waals surface area contributed by atoms with Crippen LogP contribution in [0.4, 0.5) is 0 Å². The van der Waals surface area contributed by atoms with Gasteiger partial charge < -0.3 is 10.5 Å². The molecule has 0 saturated carbocycles. The van der Waals surface area contributed by atoms with Gasteiger partial charge in [-0.05, 0) is 18.9 Å². The van der Waals surface area contributed by atoms with E-state index < -0.39 is 0 Å². The molecule has 8 heavy (non-hydrogen) atoms. The van der Waals surface area contributed by atoms with Gasteiger partial charge in [0.05, 0.1) is 0 Å². The molecule has 0 bridgehead atoms. The average molecular weight is 115 g/mol. The zero-order chi connectivity index (χ0) is 6.41. The molecule has 0 radical (unpaired) electrons. The van der Waals surface area contributed by atoms with E-state index in [0.717, 1.165) is 12.7 Å². The third-order valence-corrected chi connectivity index (χ3v) is 1.18. The highest BCUT2D eigenvalue weighted by atomic mass is 16.1. The fraction of sp³-hybridized carbons (Fsp3) is 0.833. The predicted octanol–water partition coefficient (Wildman–Crippen LogP) is 0.560. The van der Waals surface area contributed by atoms with Gasteiger partial charge in [-0.3, -0.25) is 0 Å². The maximum atomic E-state index is 9.78. The second kappa shape index (κ2) is 4.78. The number of carbonyl (C=O) groups is 1. The first kappa shape index (κ1) is 7.63. The van der Waals surface area contributed by atoms with Gasteiger partial charge in [-0.25, -0.2) is 0 Å². The zero-order valence-electron chi connectivity index (χ0n) is 5.26. The summed E-state index contributed by atoms with van der Waals surface area (Å²) >= 11 is 0. The van der Waals surface area contributed by atoms with Gasteiger partial charge in [0.15, 0.2) is 0 Å². The summed E-state index contributed by atoms with van der Waals surface area (Å²) in [6.45, 7) is 2.73. The summed E-state index contributed by atoms with van der Waals surface area (Å²) in [5.74, 6) is 0.500. The van der Waals surface area contributed by atoms with Gasteiger partial charge in [-0.15, -0.1) is 0 Å². The number of aldehydes is 1. The molecule has 0 rings (SSSR count). The van der Waals surface area contributed by atoms with Crippen LogP contribution in [-0.2, 0) is 4.79 Å². The van der Waals surface area contributed by atoms with Crippen molar-refractivity contribution in [1.82, 2.24) is 0 Å². The maximum Gasteiger partial charge on any atom is 0.120 e. The Balaban J connectivity index is 2.97. The van der Waals surface area contributed by atoms with E-state index in [1.54, 1.807) is 0 Å². The number of hydrogen-bond donors (Lipinski definition) is 1. The van der Waals surface area contributed by atoms with E-state index in [4.69, 9.17) is 5.73 Å². The second-order valence-electron chi connectivity index (χ2n) is 2.08. The summed E-state index contributed by atoms with van der Waals surface area (Å²) < 4.78 is 0. The van der Waals surface area contributed by atoms with Crippen molar-refractivity contribution in [2.24, 2.45) is 11.7 Å². The van der Waals surface area contributed by atoms with Crippen LogP contribution in [0.25, 0.3) is 0 Å². The molecular weight excluding hydrogens is 102 g/mol. The minimum Gasteiger partial charge on any atom is -0.330 e. The Morgan fingerprint density at radius 3 is 2.75 bits per heavy atom. The lowest BCUT2D eigenvalue weighted by molar-refractivity contribution is -0.108. The van der Waals surface area contributed by atoms with Crippen LogP contribution in [0.3, 0.4) is 0 Å². The molecular formula is C6H13NO. The summed E-state index contributed by atoms with van der Waals surface area (Å²) in [5, 5.41) is 0. The van der Waals surface area contributed by atoms with Gasteiger partial charge in [0.2, 0.25) is 0 Å². The van der Waals surface area contributed by atoms with E-state index in [-0.39, 0.29) is 0 Å². The van der Waals surface area contributed by atoms with Crippen molar-refractivity contribution in [1.29, 1.82) is 0 Å². The number of nitrogens with two attached hydrogens (primary N) is 1. The fourth-order valence-electron chi connectivity index (χ4n) is 0.470. The van der Waals surface area contributed by atoms with Crippen LogP contribution in [-0.4, -0.2) is 12.8 Å². The van der Waals surface area contributed by atoms with Gasteiger partial charge in [-0.2, -0.15) is 0 Å². The molecule has 1 unspecified atom stereocenters. The molecule has 0 saturated heterocycles. The van der Waals surface area contributed by atoms with Crippen LogP contribution in [0.2, 0.25) is 0 Å². The third-order valence-electron chi connectivity index (χ3n) is 1.18. The summed E-state index contributed by atoms with van der Waals surface area (Å²) in [6, 6.07) is 0. The van der Waals surface area contributed by atoms with Crippen LogP contribution >= 0.6 is 0 Å². The molecule has 2 N–H and O–H groups in total. The minimum absolute atomic E-state index is 0.500. The van der Waals surface area contributed by atoms with Crippen LogP contribution in [0.15, 0.2) is 0 Å². The Morgan fingerprint density at radius 1 is 1.75 bits per heavy atom. The summed E-state index contributed by atoms with van der Waals surface area (Å²) in [7, 11) is 0. The first-order chi connectivity index (χ1) is 3.81. The van der Waals surface area contributed by atoms with Crippen molar-refractivity contribution in [2.45, 2.75) is 19.8 Å². The Bertz CT molecular complexity index is 63.5. The van der Waals surface area contributed by atoms with E-state index in [0.29, 0.717) is 18.9 Å². The Hall–Kier alpha value is -0.370. The van der Waals surface area contributed by atoms with Gasteiger partial charge in [0.25, 0.3) is 0 Å². The molecule has 2 heteroatoms. The molecule has 1 atom stereocenters. The van der Waals surface area contributed by atoms with Crippen molar-refractivity contribution in [3.8, 4) is 0 Å². The molecule has 48 valence electrons. The maximum absolute atomic E-state index is 9.78. The van der Waals surface area contributed by atoms with Crippen molar-refractivity contribution < 1.29 is 4.79 Å². The zero-order valence-corrected chi connectivity index (χ0v) is 5.26. The Kier molecular flexibility index (Phi) is 4.56. The molecule has 0 aromatic heterocycles. The highest BCUT2D eigenvalue weighted by Crippen LogP contribution is 1.99. The molecule has 0 aromatic rings. The molecule has 0 fully saturated rings. The van der Waals surface area contributed by atoms with Crippen LogP contribution < -0.4 is 5.73 Å². The lowest BCUT2D eigenvalue weighted by Crippen LogP contribution is -2.10. The van der Waals surface area contributed by atoms with Gasteiger partial charge in [0, 0.05) is 6.42 Å². The topological polar surface area (TPSA) is 43.1 Å². The molecule has 0 aliphatic heterocycles. The van der Waals surface area contributed by atoms with Gasteiger partial charge in [-0.1, -0.05) is 6.92 Å². The Labute approximate surface area is 50.1 Å². The van der Waals surface area contributed by atoms with E-state index in [1.165, 1.54) is 0 Å². The number of hydrogen-bond acceptors (Lipinski definition) is 2. The Morgan fingerprint density at radius 2 is 2.38 bits per heavy atom. The largest absolute Gasteiger partial charge is 0.330 e. The average Bonchev–Trinajstić information content (AvgIpc) is 1.83. The van der Waals surface area contributed by atoms with Crippen molar-refractivity contribution >= 4 is 6.29 Å². The van der Waals surface area contributed by atoms with Crippen molar-refractivity contribution in [3.63, 3.8) is 0 Å². The summed E-state index contributed by atoms with van der Waals surface area (Å²) in [6.07, 6.45) is 2.52. The molecule has 0 amide bonds. The van der Waals surface area contributed by atoms with Gasteiger partial charge >= 0.3 is 0 Å². The molecule has 0 aliphatic rings. The SMILES string of the molecule is CC(CN)CCC=O. The molecule has 0 heterocycles. The summed E-state index contributed by atoms with van der Waals surface area (Å²) in [5.41, 5.74) is 5.30. The number of carbonyl (C=O) groups excluding carboxylic acids is 1. The monoisotopic (exact) mass is 115 g/mol.